The maximum absolute atomic E-state index is 11.6. The topological polar surface area (TPSA) is 93.5 Å². The molecule has 0 spiro atoms. The number of carboxylic acids is 1. The van der Waals surface area contributed by atoms with Gasteiger partial charge in [-0.15, -0.1) is 0 Å². The summed E-state index contributed by atoms with van der Waals surface area (Å²) in [5, 5.41) is 14.2. The maximum atomic E-state index is 11.6. The summed E-state index contributed by atoms with van der Waals surface area (Å²) < 4.78 is 2.07. The number of aliphatic imine (C=N–C) groups is 1. The lowest BCUT2D eigenvalue weighted by molar-refractivity contribution is -0.132. The molecule has 1 fully saturated rings. The molecule has 2 aliphatic carbocycles. The van der Waals surface area contributed by atoms with Gasteiger partial charge in [-0.2, -0.15) is 5.10 Å². The van der Waals surface area contributed by atoms with Crippen molar-refractivity contribution in [1.82, 2.24) is 9.78 Å². The second-order valence-electron chi connectivity index (χ2n) is 8.49. The number of aromatic nitrogens is 2. The van der Waals surface area contributed by atoms with Gasteiger partial charge in [0.1, 0.15) is 0 Å². The molecule has 6 nitrogen and oxygen atoms in total. The van der Waals surface area contributed by atoms with Crippen LogP contribution in [-0.2, 0) is 17.6 Å². The van der Waals surface area contributed by atoms with Crippen molar-refractivity contribution in [3.63, 3.8) is 0 Å². The molecule has 1 heterocycles. The maximum Gasteiger partial charge on any atom is 0.339 e. The largest absolute Gasteiger partial charge is 0.478 e. The Hall–Kier alpha value is -3.67. The number of hydrogen-bond donors (Lipinski definition) is 2. The third-order valence-corrected chi connectivity index (χ3v) is 6.22. The summed E-state index contributed by atoms with van der Waals surface area (Å²) >= 11 is 0. The van der Waals surface area contributed by atoms with Gasteiger partial charge in [0.2, 0.25) is 0 Å². The van der Waals surface area contributed by atoms with Crippen LogP contribution in [0.2, 0.25) is 0 Å². The van der Waals surface area contributed by atoms with Crippen LogP contribution in [0.3, 0.4) is 0 Å². The second kappa shape index (κ2) is 8.46. The molecular formula is C26H26N4O2. The van der Waals surface area contributed by atoms with E-state index >= 15 is 0 Å². The van der Waals surface area contributed by atoms with Crippen LogP contribution in [0.1, 0.15) is 36.9 Å². The average Bonchev–Trinajstić information content (AvgIpc) is 3.57. The number of nitrogens with two attached hydrogens (primary N) is 1. The summed E-state index contributed by atoms with van der Waals surface area (Å²) in [4.78, 5) is 16.3. The molecule has 2 aromatic carbocycles. The number of benzene rings is 2. The number of carboxylic acid groups (broad SMARTS) is 1. The van der Waals surface area contributed by atoms with Gasteiger partial charge in [0.25, 0.3) is 0 Å². The van der Waals surface area contributed by atoms with Crippen molar-refractivity contribution in [3.8, 4) is 16.8 Å². The first kappa shape index (κ1) is 20.2. The molecule has 0 bridgehead atoms. The first-order valence-corrected chi connectivity index (χ1v) is 11.1. The summed E-state index contributed by atoms with van der Waals surface area (Å²) in [6.45, 7) is 0. The minimum Gasteiger partial charge on any atom is -0.478 e. The van der Waals surface area contributed by atoms with E-state index in [1.54, 1.807) is 0 Å². The van der Waals surface area contributed by atoms with E-state index in [1.165, 1.54) is 24.1 Å². The Kier molecular flexibility index (Phi) is 5.35. The van der Waals surface area contributed by atoms with E-state index in [2.05, 4.69) is 28.0 Å². The highest BCUT2D eigenvalue weighted by atomic mass is 16.4. The molecule has 162 valence electrons. The zero-order valence-electron chi connectivity index (χ0n) is 17.9. The quantitative estimate of drug-likeness (QED) is 0.436. The summed E-state index contributed by atoms with van der Waals surface area (Å²) in [6.07, 6.45) is 9.65. The average molecular weight is 427 g/mol. The van der Waals surface area contributed by atoms with Gasteiger partial charge in [0, 0.05) is 17.8 Å². The molecule has 2 aliphatic rings. The summed E-state index contributed by atoms with van der Waals surface area (Å²) in [7, 11) is 0. The molecule has 1 aromatic heterocycles. The van der Waals surface area contributed by atoms with Crippen LogP contribution in [0, 0.1) is 5.92 Å². The number of hydrogen-bond acceptors (Lipinski definition) is 4. The number of nitrogens with zero attached hydrogens (tertiary/aromatic N) is 3. The minimum absolute atomic E-state index is 0.0864. The monoisotopic (exact) mass is 426 g/mol. The van der Waals surface area contributed by atoms with E-state index in [0.717, 1.165) is 54.4 Å². The SMILES string of the molecule is NC=C(C(=O)O)C(=Nc1cccc(-c2cccc(-n3ncc4c3CCCC4)c2)c1)C1CC1. The zero-order valence-corrected chi connectivity index (χ0v) is 17.9. The molecule has 1 saturated carbocycles. The Morgan fingerprint density at radius 3 is 2.59 bits per heavy atom. The lowest BCUT2D eigenvalue weighted by Gasteiger charge is -2.14. The highest BCUT2D eigenvalue weighted by Gasteiger charge is 2.32. The Bertz CT molecular complexity index is 1230. The molecule has 0 amide bonds. The van der Waals surface area contributed by atoms with Crippen LogP contribution >= 0.6 is 0 Å². The third kappa shape index (κ3) is 3.96. The summed E-state index contributed by atoms with van der Waals surface area (Å²) in [6, 6.07) is 16.3. The van der Waals surface area contributed by atoms with Gasteiger partial charge in [0.05, 0.1) is 28.9 Å². The standard InChI is InChI=1S/C26H26N4O2/c27-15-23(26(31)32)25(17-11-12-17)29-21-8-3-6-18(13-21)19-7-4-9-22(14-19)30-24-10-2-1-5-20(24)16-28-30/h3-4,6-9,13-17H,1-2,5,10-12,27H2,(H,31,32). The molecule has 0 aliphatic heterocycles. The zero-order chi connectivity index (χ0) is 22.1. The summed E-state index contributed by atoms with van der Waals surface area (Å²) in [5.41, 5.74) is 12.8. The molecule has 0 saturated heterocycles. The van der Waals surface area contributed by atoms with Crippen molar-refractivity contribution in [3.05, 3.63) is 77.8 Å². The Morgan fingerprint density at radius 2 is 1.84 bits per heavy atom. The van der Waals surface area contributed by atoms with Gasteiger partial charge in [0.15, 0.2) is 0 Å². The van der Waals surface area contributed by atoms with Gasteiger partial charge in [-0.05, 0) is 79.5 Å². The number of aryl methyl sites for hydroxylation is 1. The molecule has 3 aromatic rings. The predicted octanol–water partition coefficient (Wildman–Crippen LogP) is 4.83. The Labute approximate surface area is 187 Å². The molecule has 0 radical (unpaired) electrons. The number of rotatable bonds is 6. The van der Waals surface area contributed by atoms with Crippen LogP contribution in [0.5, 0.6) is 0 Å². The fourth-order valence-electron chi connectivity index (χ4n) is 4.42. The van der Waals surface area contributed by atoms with Gasteiger partial charge in [-0.25, -0.2) is 9.48 Å². The molecule has 0 unspecified atom stereocenters. The molecule has 3 N–H and O–H groups in total. The molecule has 6 heteroatoms. The summed E-state index contributed by atoms with van der Waals surface area (Å²) in [5.74, 6) is -0.872. The van der Waals surface area contributed by atoms with Crippen molar-refractivity contribution in [2.24, 2.45) is 16.6 Å². The van der Waals surface area contributed by atoms with Crippen molar-refractivity contribution < 1.29 is 9.90 Å². The van der Waals surface area contributed by atoms with E-state index in [1.807, 2.05) is 36.5 Å². The van der Waals surface area contributed by atoms with Gasteiger partial charge in [-0.1, -0.05) is 24.3 Å². The fraction of sp³-hybridized carbons (Fsp3) is 0.269. The van der Waals surface area contributed by atoms with Crippen molar-refractivity contribution >= 4 is 17.4 Å². The van der Waals surface area contributed by atoms with E-state index in [4.69, 9.17) is 10.7 Å². The smallest absolute Gasteiger partial charge is 0.339 e. The van der Waals surface area contributed by atoms with Crippen LogP contribution in [0.15, 0.2) is 71.5 Å². The van der Waals surface area contributed by atoms with Crippen LogP contribution in [0.25, 0.3) is 16.8 Å². The fourth-order valence-corrected chi connectivity index (χ4v) is 4.42. The third-order valence-electron chi connectivity index (χ3n) is 6.22. The number of fused-ring (bicyclic) bond motifs is 1. The molecule has 5 rings (SSSR count). The van der Waals surface area contributed by atoms with Gasteiger partial charge in [-0.3, -0.25) is 4.99 Å². The normalized spacial score (nSPS) is 16.6. The molecule has 0 atom stereocenters. The van der Waals surface area contributed by atoms with E-state index in [0.29, 0.717) is 5.71 Å². The lowest BCUT2D eigenvalue weighted by atomic mass is 9.98. The van der Waals surface area contributed by atoms with Crippen molar-refractivity contribution in [1.29, 1.82) is 0 Å². The van der Waals surface area contributed by atoms with Crippen molar-refractivity contribution in [2.45, 2.75) is 38.5 Å². The van der Waals surface area contributed by atoms with E-state index in [9.17, 15) is 9.90 Å². The van der Waals surface area contributed by atoms with E-state index in [-0.39, 0.29) is 11.5 Å². The molecule has 32 heavy (non-hydrogen) atoms. The number of carbonyl (C=O) groups is 1. The van der Waals surface area contributed by atoms with Gasteiger partial charge < -0.3 is 10.8 Å². The second-order valence-corrected chi connectivity index (χ2v) is 8.49. The molecular weight excluding hydrogens is 400 g/mol. The highest BCUT2D eigenvalue weighted by molar-refractivity contribution is 6.21. The lowest BCUT2D eigenvalue weighted by Crippen LogP contribution is -2.15. The predicted molar refractivity (Wildman–Crippen MR) is 125 cm³/mol. The first-order valence-electron chi connectivity index (χ1n) is 11.1. The van der Waals surface area contributed by atoms with E-state index < -0.39 is 5.97 Å². The Morgan fingerprint density at radius 1 is 1.09 bits per heavy atom. The number of aliphatic carboxylic acids is 1. The first-order chi connectivity index (χ1) is 15.6. The van der Waals surface area contributed by atoms with Crippen LogP contribution in [-0.4, -0.2) is 26.6 Å². The van der Waals surface area contributed by atoms with Crippen LogP contribution in [0.4, 0.5) is 5.69 Å². The van der Waals surface area contributed by atoms with Crippen LogP contribution < -0.4 is 5.73 Å². The van der Waals surface area contributed by atoms with Gasteiger partial charge >= 0.3 is 5.97 Å². The minimum atomic E-state index is -1.04. The van der Waals surface area contributed by atoms with Crippen molar-refractivity contribution in [2.75, 3.05) is 0 Å². The highest BCUT2D eigenvalue weighted by Crippen LogP contribution is 2.35. The Balaban J connectivity index is 1.49.